The van der Waals surface area contributed by atoms with Gasteiger partial charge in [-0.3, -0.25) is 19.7 Å². The van der Waals surface area contributed by atoms with Gasteiger partial charge in [0.2, 0.25) is 5.91 Å². The van der Waals surface area contributed by atoms with Crippen molar-refractivity contribution in [1.82, 2.24) is 10.2 Å². The first-order chi connectivity index (χ1) is 12.1. The van der Waals surface area contributed by atoms with Crippen molar-refractivity contribution in [3.63, 3.8) is 0 Å². The minimum atomic E-state index is -0.496. The average molecular weight is 362 g/mol. The minimum Gasteiger partial charge on any atom is -0.377 e. The number of nitro groups is 1. The van der Waals surface area contributed by atoms with Gasteiger partial charge < -0.3 is 15.5 Å². The summed E-state index contributed by atoms with van der Waals surface area (Å²) in [6, 6.07) is 4.66. The molecule has 2 rings (SSSR count). The normalized spacial score (nSPS) is 13.8. The second-order valence-corrected chi connectivity index (χ2v) is 7.53. The van der Waals surface area contributed by atoms with Gasteiger partial charge in [0.15, 0.2) is 0 Å². The lowest BCUT2D eigenvalue weighted by Crippen LogP contribution is -2.47. The van der Waals surface area contributed by atoms with Crippen LogP contribution in [0.15, 0.2) is 18.2 Å². The number of nitro benzene ring substituents is 1. The van der Waals surface area contributed by atoms with Crippen molar-refractivity contribution in [3.05, 3.63) is 33.9 Å². The average Bonchev–Trinajstić information content (AvgIpc) is 3.34. The van der Waals surface area contributed by atoms with Crippen LogP contribution in [-0.2, 0) is 4.79 Å². The SMILES string of the molecule is CCN(CC(=O)NC(C)(C)C)C(=O)c1ccc(NC2CC2)c([N+](=O)[O-])c1. The molecule has 1 saturated carbocycles. The number of hydrogen-bond acceptors (Lipinski definition) is 5. The molecule has 26 heavy (non-hydrogen) atoms. The number of anilines is 1. The summed E-state index contributed by atoms with van der Waals surface area (Å²) in [6.45, 7) is 7.57. The van der Waals surface area contributed by atoms with Crippen LogP contribution in [0, 0.1) is 10.1 Å². The first-order valence-electron chi connectivity index (χ1n) is 8.76. The molecule has 0 saturated heterocycles. The highest BCUT2D eigenvalue weighted by atomic mass is 16.6. The number of benzene rings is 1. The van der Waals surface area contributed by atoms with E-state index < -0.39 is 16.4 Å². The van der Waals surface area contributed by atoms with E-state index in [1.165, 1.54) is 11.0 Å². The van der Waals surface area contributed by atoms with E-state index >= 15 is 0 Å². The van der Waals surface area contributed by atoms with Crippen molar-refractivity contribution in [1.29, 1.82) is 0 Å². The van der Waals surface area contributed by atoms with Crippen molar-refractivity contribution in [3.8, 4) is 0 Å². The number of carbonyl (C=O) groups is 2. The third kappa shape index (κ3) is 5.44. The van der Waals surface area contributed by atoms with Gasteiger partial charge in [-0.15, -0.1) is 0 Å². The maximum absolute atomic E-state index is 12.7. The predicted molar refractivity (Wildman–Crippen MR) is 99.2 cm³/mol. The largest absolute Gasteiger partial charge is 0.377 e. The van der Waals surface area contributed by atoms with Crippen LogP contribution in [0.3, 0.4) is 0 Å². The molecule has 8 heteroatoms. The van der Waals surface area contributed by atoms with E-state index in [1.54, 1.807) is 19.1 Å². The molecule has 0 atom stereocenters. The van der Waals surface area contributed by atoms with E-state index in [0.717, 1.165) is 12.8 Å². The molecule has 0 aliphatic heterocycles. The number of amides is 2. The first kappa shape index (κ1) is 19.7. The number of likely N-dealkylation sites (N-methyl/N-ethyl adjacent to an activating group) is 1. The van der Waals surface area contributed by atoms with Crippen molar-refractivity contribution in [2.75, 3.05) is 18.4 Å². The highest BCUT2D eigenvalue weighted by Gasteiger charge is 2.27. The molecule has 0 radical (unpaired) electrons. The summed E-state index contributed by atoms with van der Waals surface area (Å²) in [5.41, 5.74) is 0.0954. The Kier molecular flexibility index (Phi) is 5.84. The lowest BCUT2D eigenvalue weighted by atomic mass is 10.1. The van der Waals surface area contributed by atoms with E-state index in [-0.39, 0.29) is 29.7 Å². The number of nitrogens with one attached hydrogen (secondary N) is 2. The summed E-state index contributed by atoms with van der Waals surface area (Å²) in [5, 5.41) is 17.3. The zero-order chi connectivity index (χ0) is 19.5. The third-order valence-electron chi connectivity index (χ3n) is 3.90. The van der Waals surface area contributed by atoms with E-state index in [9.17, 15) is 19.7 Å². The molecular weight excluding hydrogens is 336 g/mol. The standard InChI is InChI=1S/C18H26N4O4/c1-5-21(11-16(23)20-18(2,3)4)17(24)12-6-9-14(19-13-7-8-13)15(10-12)22(25)26/h6,9-10,13,19H,5,7-8,11H2,1-4H3,(H,20,23). The van der Waals surface area contributed by atoms with Crippen LogP contribution < -0.4 is 10.6 Å². The molecular formula is C18H26N4O4. The van der Waals surface area contributed by atoms with Crippen LogP contribution >= 0.6 is 0 Å². The predicted octanol–water partition coefficient (Wildman–Crippen LogP) is 2.55. The molecule has 8 nitrogen and oxygen atoms in total. The molecule has 0 bridgehead atoms. The summed E-state index contributed by atoms with van der Waals surface area (Å²) in [7, 11) is 0. The Balaban J connectivity index is 2.16. The molecule has 1 aromatic carbocycles. The first-order valence-corrected chi connectivity index (χ1v) is 8.76. The van der Waals surface area contributed by atoms with E-state index in [4.69, 9.17) is 0 Å². The fraction of sp³-hybridized carbons (Fsp3) is 0.556. The number of carbonyl (C=O) groups excluding carboxylic acids is 2. The van der Waals surface area contributed by atoms with Gasteiger partial charge >= 0.3 is 0 Å². The summed E-state index contributed by atoms with van der Waals surface area (Å²) < 4.78 is 0. The second kappa shape index (κ2) is 7.72. The van der Waals surface area contributed by atoms with Crippen LogP contribution in [-0.4, -0.2) is 46.3 Å². The fourth-order valence-corrected chi connectivity index (χ4v) is 2.53. The smallest absolute Gasteiger partial charge is 0.293 e. The number of hydrogen-bond donors (Lipinski definition) is 2. The monoisotopic (exact) mass is 362 g/mol. The highest BCUT2D eigenvalue weighted by Crippen LogP contribution is 2.31. The Morgan fingerprint density at radius 2 is 1.96 bits per heavy atom. The van der Waals surface area contributed by atoms with Crippen LogP contribution in [0.4, 0.5) is 11.4 Å². The summed E-state index contributed by atoms with van der Waals surface area (Å²) in [5.74, 6) is -0.674. The maximum atomic E-state index is 12.7. The van der Waals surface area contributed by atoms with Crippen LogP contribution in [0.2, 0.25) is 0 Å². The Bertz CT molecular complexity index is 708. The highest BCUT2D eigenvalue weighted by molar-refractivity contribution is 5.97. The van der Waals surface area contributed by atoms with Crippen molar-refractivity contribution >= 4 is 23.2 Å². The van der Waals surface area contributed by atoms with Gasteiger partial charge in [0.1, 0.15) is 5.69 Å². The molecule has 1 aliphatic carbocycles. The molecule has 2 amide bonds. The Labute approximate surface area is 153 Å². The van der Waals surface area contributed by atoms with E-state index in [2.05, 4.69) is 10.6 Å². The Morgan fingerprint density at radius 3 is 2.46 bits per heavy atom. The Hall–Kier alpha value is -2.64. The molecule has 0 unspecified atom stereocenters. The molecule has 142 valence electrons. The van der Waals surface area contributed by atoms with Crippen LogP contribution in [0.1, 0.15) is 50.9 Å². The molecule has 1 aromatic rings. The maximum Gasteiger partial charge on any atom is 0.293 e. The van der Waals surface area contributed by atoms with Crippen LogP contribution in [0.5, 0.6) is 0 Å². The zero-order valence-electron chi connectivity index (χ0n) is 15.7. The van der Waals surface area contributed by atoms with Gasteiger partial charge in [-0.25, -0.2) is 0 Å². The zero-order valence-corrected chi connectivity index (χ0v) is 15.7. The molecule has 0 aromatic heterocycles. The van der Waals surface area contributed by atoms with Gasteiger partial charge in [0, 0.05) is 29.8 Å². The molecule has 0 heterocycles. The quantitative estimate of drug-likeness (QED) is 0.573. The summed E-state index contributed by atoms with van der Waals surface area (Å²) >= 11 is 0. The lowest BCUT2D eigenvalue weighted by Gasteiger charge is -2.25. The fourth-order valence-electron chi connectivity index (χ4n) is 2.53. The number of nitrogens with zero attached hydrogens (tertiary/aromatic N) is 2. The lowest BCUT2D eigenvalue weighted by molar-refractivity contribution is -0.384. The van der Waals surface area contributed by atoms with Gasteiger partial charge in [0.25, 0.3) is 11.6 Å². The van der Waals surface area contributed by atoms with Crippen molar-refractivity contribution in [2.24, 2.45) is 0 Å². The van der Waals surface area contributed by atoms with E-state index in [0.29, 0.717) is 12.2 Å². The van der Waals surface area contributed by atoms with E-state index in [1.807, 2.05) is 20.8 Å². The molecule has 1 aliphatic rings. The second-order valence-electron chi connectivity index (χ2n) is 7.53. The third-order valence-corrected chi connectivity index (χ3v) is 3.90. The molecule has 2 N–H and O–H groups in total. The van der Waals surface area contributed by atoms with Crippen molar-refractivity contribution in [2.45, 2.75) is 52.1 Å². The molecule has 1 fully saturated rings. The number of rotatable bonds is 7. The van der Waals surface area contributed by atoms with Gasteiger partial charge in [0.05, 0.1) is 11.5 Å². The molecule has 0 spiro atoms. The van der Waals surface area contributed by atoms with Gasteiger partial charge in [-0.05, 0) is 52.7 Å². The van der Waals surface area contributed by atoms with Gasteiger partial charge in [-0.1, -0.05) is 0 Å². The van der Waals surface area contributed by atoms with Crippen LogP contribution in [0.25, 0.3) is 0 Å². The Morgan fingerprint density at radius 1 is 1.31 bits per heavy atom. The summed E-state index contributed by atoms with van der Waals surface area (Å²) in [6.07, 6.45) is 1.98. The van der Waals surface area contributed by atoms with Gasteiger partial charge in [-0.2, -0.15) is 0 Å². The minimum absolute atomic E-state index is 0.0948. The summed E-state index contributed by atoms with van der Waals surface area (Å²) in [4.78, 5) is 37.0. The van der Waals surface area contributed by atoms with Crippen molar-refractivity contribution < 1.29 is 14.5 Å². The topological polar surface area (TPSA) is 105 Å².